The highest BCUT2D eigenvalue weighted by molar-refractivity contribution is 5.84. The van der Waals surface area contributed by atoms with Gasteiger partial charge in [0.25, 0.3) is 5.84 Å². The van der Waals surface area contributed by atoms with Gasteiger partial charge in [0.1, 0.15) is 12.0 Å². The lowest BCUT2D eigenvalue weighted by Gasteiger charge is -2.10. The van der Waals surface area contributed by atoms with Gasteiger partial charge in [-0.05, 0) is 41.4 Å². The second-order valence-electron chi connectivity index (χ2n) is 7.25. The first-order chi connectivity index (χ1) is 15.9. The second-order valence-corrected chi connectivity index (χ2v) is 7.25. The van der Waals surface area contributed by atoms with Crippen molar-refractivity contribution in [3.05, 3.63) is 78.9 Å². The lowest BCUT2D eigenvalue weighted by Crippen LogP contribution is -2.38. The van der Waals surface area contributed by atoms with Crippen LogP contribution in [-0.4, -0.2) is 20.8 Å². The first kappa shape index (κ1) is 20.6. The zero-order chi connectivity index (χ0) is 23.0. The van der Waals surface area contributed by atoms with Crippen LogP contribution in [0.3, 0.4) is 0 Å². The highest BCUT2D eigenvalue weighted by Gasteiger charge is 2.31. The summed E-state index contributed by atoms with van der Waals surface area (Å²) in [5.74, 6) is 1.64. The Morgan fingerprint density at radius 1 is 0.909 bits per heavy atom. The minimum atomic E-state index is -4.40. The van der Waals surface area contributed by atoms with Crippen LogP contribution < -0.4 is 15.0 Å². The predicted octanol–water partition coefficient (Wildman–Crippen LogP) is 4.31. The van der Waals surface area contributed by atoms with Gasteiger partial charge in [-0.25, -0.2) is 14.5 Å². The molecule has 0 atom stereocenters. The molecule has 0 saturated heterocycles. The molecule has 0 saturated carbocycles. The van der Waals surface area contributed by atoms with E-state index in [-0.39, 0.29) is 5.88 Å². The summed E-state index contributed by atoms with van der Waals surface area (Å²) >= 11 is 0. The fourth-order valence-electron chi connectivity index (χ4n) is 3.53. The topological polar surface area (TPSA) is 90.2 Å². The van der Waals surface area contributed by atoms with Gasteiger partial charge >= 0.3 is 12.0 Å². The molecule has 10 heteroatoms. The van der Waals surface area contributed by atoms with Crippen molar-refractivity contribution in [2.24, 2.45) is 10.7 Å². The summed E-state index contributed by atoms with van der Waals surface area (Å²) < 4.78 is 46.4. The number of aromatic nitrogens is 4. The van der Waals surface area contributed by atoms with Gasteiger partial charge in [0, 0.05) is 29.6 Å². The van der Waals surface area contributed by atoms with Crippen molar-refractivity contribution in [2.45, 2.75) is 12.7 Å². The second kappa shape index (κ2) is 7.97. The van der Waals surface area contributed by atoms with Gasteiger partial charge in [0.05, 0.1) is 11.3 Å². The van der Waals surface area contributed by atoms with E-state index in [0.29, 0.717) is 35.2 Å². The van der Waals surface area contributed by atoms with E-state index in [4.69, 9.17) is 10.5 Å². The number of ether oxygens (including phenoxy) is 1. The maximum atomic E-state index is 12.8. The largest absolute Gasteiger partial charge is 0.430 e. The Kier molecular flexibility index (Phi) is 4.97. The number of amidine groups is 1. The number of alkyl halides is 3. The molecule has 0 aliphatic carbocycles. The Balaban J connectivity index is 1.46. The average molecular weight is 449 g/mol. The van der Waals surface area contributed by atoms with Crippen LogP contribution in [0.5, 0.6) is 11.6 Å². The summed E-state index contributed by atoms with van der Waals surface area (Å²) in [5, 5.41) is 0. The number of hydrogen-bond acceptors (Lipinski definition) is 6. The molecule has 1 aromatic carbocycles. The van der Waals surface area contributed by atoms with Crippen molar-refractivity contribution < 1.29 is 22.5 Å². The molecule has 1 aliphatic rings. The van der Waals surface area contributed by atoms with E-state index >= 15 is 0 Å². The number of nitrogens with two attached hydrogens (primary N) is 1. The zero-order valence-electron chi connectivity index (χ0n) is 17.0. The minimum Gasteiger partial charge on any atom is -0.430 e. The predicted molar refractivity (Wildman–Crippen MR) is 114 cm³/mol. The molecule has 0 spiro atoms. The highest BCUT2D eigenvalue weighted by Crippen LogP contribution is 2.34. The minimum absolute atomic E-state index is 0.222. The monoisotopic (exact) mass is 449 g/mol. The van der Waals surface area contributed by atoms with E-state index < -0.39 is 11.7 Å². The average Bonchev–Trinajstić information content (AvgIpc) is 3.21. The summed E-state index contributed by atoms with van der Waals surface area (Å²) in [6.07, 6.45) is 0.297. The molecule has 0 bridgehead atoms. The molecule has 3 aromatic heterocycles. The number of benzene rings is 1. The van der Waals surface area contributed by atoms with Gasteiger partial charge in [-0.2, -0.15) is 13.2 Å². The highest BCUT2D eigenvalue weighted by atomic mass is 19.4. The SMILES string of the molecule is NC1=Nc2c(Oc3cc(-c4ccc(C(F)(F)F)cc4)ncn3)ccc(-c3ccncc3)[n+]2C1. The van der Waals surface area contributed by atoms with Gasteiger partial charge in [-0.15, -0.1) is 0 Å². The number of nitrogens with zero attached hydrogens (tertiary/aromatic N) is 5. The van der Waals surface area contributed by atoms with Gasteiger partial charge in [-0.1, -0.05) is 12.1 Å². The number of aliphatic imine (C=N–C) groups is 1. The number of halogens is 3. The van der Waals surface area contributed by atoms with Crippen LogP contribution in [0.1, 0.15) is 5.56 Å². The standard InChI is InChI=1S/C23H15F3N6O/c24-23(25,26)16-3-1-14(2-4-16)17-11-21(30-13-29-17)33-19-6-5-18(15-7-9-28-10-8-15)32-12-20(27)31-22(19)32/h1-11,13,27H,12H2/p+1. The van der Waals surface area contributed by atoms with Crippen LogP contribution in [0.2, 0.25) is 0 Å². The van der Waals surface area contributed by atoms with E-state index in [1.807, 2.05) is 22.8 Å². The van der Waals surface area contributed by atoms with Crippen LogP contribution >= 0.6 is 0 Å². The number of hydrogen-bond donors (Lipinski definition) is 1. The summed E-state index contributed by atoms with van der Waals surface area (Å²) in [4.78, 5) is 16.7. The molecule has 1 aliphatic heterocycles. The van der Waals surface area contributed by atoms with Crippen molar-refractivity contribution in [1.29, 1.82) is 0 Å². The van der Waals surface area contributed by atoms with Gasteiger partial charge in [0.2, 0.25) is 11.6 Å². The normalized spacial score (nSPS) is 12.9. The third-order valence-electron chi connectivity index (χ3n) is 5.07. The van der Waals surface area contributed by atoms with E-state index in [9.17, 15) is 13.2 Å². The van der Waals surface area contributed by atoms with Crippen LogP contribution in [0.4, 0.5) is 19.0 Å². The third kappa shape index (κ3) is 4.10. The molecule has 2 N–H and O–H groups in total. The molecule has 4 heterocycles. The van der Waals surface area contributed by atoms with Gasteiger partial charge < -0.3 is 10.5 Å². The van der Waals surface area contributed by atoms with Crippen LogP contribution in [0.25, 0.3) is 22.5 Å². The fourth-order valence-corrected chi connectivity index (χ4v) is 3.53. The molecule has 7 nitrogen and oxygen atoms in total. The van der Waals surface area contributed by atoms with E-state index in [1.54, 1.807) is 24.5 Å². The molecule has 0 fully saturated rings. The Bertz CT molecular complexity index is 1360. The molecule has 0 unspecified atom stereocenters. The first-order valence-electron chi connectivity index (χ1n) is 9.86. The Hall–Kier alpha value is -4.34. The Morgan fingerprint density at radius 2 is 1.67 bits per heavy atom. The van der Waals surface area contributed by atoms with Gasteiger partial charge in [-0.3, -0.25) is 4.98 Å². The molecule has 33 heavy (non-hydrogen) atoms. The van der Waals surface area contributed by atoms with Crippen molar-refractivity contribution >= 4 is 11.7 Å². The number of fused-ring (bicyclic) bond motifs is 1. The maximum absolute atomic E-state index is 12.8. The molecule has 0 radical (unpaired) electrons. The zero-order valence-corrected chi connectivity index (χ0v) is 17.0. The van der Waals surface area contributed by atoms with Crippen molar-refractivity contribution in [1.82, 2.24) is 15.0 Å². The van der Waals surface area contributed by atoms with Crippen molar-refractivity contribution in [3.63, 3.8) is 0 Å². The smallest absolute Gasteiger partial charge is 0.416 e. The van der Waals surface area contributed by atoms with E-state index in [2.05, 4.69) is 19.9 Å². The molecular weight excluding hydrogens is 433 g/mol. The van der Waals surface area contributed by atoms with Gasteiger partial charge in [0.15, 0.2) is 6.54 Å². The third-order valence-corrected chi connectivity index (χ3v) is 5.07. The molecule has 164 valence electrons. The molecular formula is C23H16F3N6O+. The summed E-state index contributed by atoms with van der Waals surface area (Å²) in [6.45, 7) is 0.408. The summed E-state index contributed by atoms with van der Waals surface area (Å²) in [7, 11) is 0. The lowest BCUT2D eigenvalue weighted by atomic mass is 10.1. The number of pyridine rings is 2. The Labute approximate surface area is 186 Å². The van der Waals surface area contributed by atoms with E-state index in [0.717, 1.165) is 23.4 Å². The van der Waals surface area contributed by atoms with E-state index in [1.165, 1.54) is 18.5 Å². The summed E-state index contributed by atoms with van der Waals surface area (Å²) in [6, 6.07) is 13.7. The van der Waals surface area contributed by atoms with Crippen LogP contribution in [0, 0.1) is 0 Å². The van der Waals surface area contributed by atoms with Crippen molar-refractivity contribution in [2.75, 3.05) is 0 Å². The summed E-state index contributed by atoms with van der Waals surface area (Å²) in [5.41, 5.74) is 8.05. The molecule has 5 rings (SSSR count). The quantitative estimate of drug-likeness (QED) is 0.469. The number of rotatable bonds is 4. The molecule has 4 aromatic rings. The van der Waals surface area contributed by atoms with Crippen LogP contribution in [-0.2, 0) is 12.7 Å². The first-order valence-corrected chi connectivity index (χ1v) is 9.86. The fraction of sp³-hybridized carbons (Fsp3) is 0.0870. The maximum Gasteiger partial charge on any atom is 0.416 e. The van der Waals surface area contributed by atoms with Crippen LogP contribution in [0.15, 0.2) is 78.3 Å². The molecule has 0 amide bonds. The lowest BCUT2D eigenvalue weighted by molar-refractivity contribution is -0.653. The Morgan fingerprint density at radius 3 is 2.39 bits per heavy atom. The van der Waals surface area contributed by atoms with Crippen molar-refractivity contribution in [3.8, 4) is 34.1 Å².